The van der Waals surface area contributed by atoms with E-state index in [0.717, 1.165) is 4.90 Å². The molecule has 0 aromatic rings. The first-order chi connectivity index (χ1) is 21.7. The summed E-state index contributed by atoms with van der Waals surface area (Å²) in [6.45, 7) is 22.4. The minimum absolute atomic E-state index is 0.0356. The fourth-order valence-corrected chi connectivity index (χ4v) is 4.09. The maximum Gasteiger partial charge on any atom is 0.411 e. The number of ether oxygens (including phenoxy) is 5. The summed E-state index contributed by atoms with van der Waals surface area (Å²) in [5.74, 6) is -4.29. The molecule has 15 heteroatoms. The highest BCUT2D eigenvalue weighted by Crippen LogP contribution is 2.17. The zero-order valence-electron chi connectivity index (χ0n) is 32.3. The molecule has 0 aromatic carbocycles. The third-order valence-electron chi connectivity index (χ3n) is 5.49. The molecule has 49 heavy (non-hydrogen) atoms. The normalized spacial score (nSPS) is 13.4. The number of carboxylic acid groups (broad SMARTS) is 1. The van der Waals surface area contributed by atoms with Gasteiger partial charge in [0.25, 0.3) is 0 Å². The molecule has 1 amide bonds. The van der Waals surface area contributed by atoms with Crippen LogP contribution in [0.1, 0.15) is 104 Å². The summed E-state index contributed by atoms with van der Waals surface area (Å²) in [7, 11) is 0. The van der Waals surface area contributed by atoms with E-state index in [-0.39, 0.29) is 26.2 Å². The number of esters is 4. The van der Waals surface area contributed by atoms with Gasteiger partial charge in [-0.05, 0) is 104 Å². The van der Waals surface area contributed by atoms with E-state index >= 15 is 0 Å². The van der Waals surface area contributed by atoms with E-state index in [0.29, 0.717) is 0 Å². The number of aliphatic carboxylic acids is 1. The van der Waals surface area contributed by atoms with Crippen LogP contribution in [-0.4, -0.2) is 136 Å². The monoisotopic (exact) mass is 703 g/mol. The van der Waals surface area contributed by atoms with Crippen LogP contribution in [-0.2, 0) is 47.7 Å². The minimum Gasteiger partial charge on any atom is -0.480 e. The molecule has 0 unspecified atom stereocenters. The lowest BCUT2D eigenvalue weighted by Crippen LogP contribution is -2.56. The predicted molar refractivity (Wildman–Crippen MR) is 181 cm³/mol. The van der Waals surface area contributed by atoms with Gasteiger partial charge in [0.15, 0.2) is 0 Å². The van der Waals surface area contributed by atoms with Gasteiger partial charge in [0.2, 0.25) is 0 Å². The molecule has 0 aromatic heterocycles. The second-order valence-corrected chi connectivity index (χ2v) is 16.8. The van der Waals surface area contributed by atoms with Crippen LogP contribution in [0.15, 0.2) is 0 Å². The number of carboxylic acids is 1. The Morgan fingerprint density at radius 3 is 1.06 bits per heavy atom. The van der Waals surface area contributed by atoms with Gasteiger partial charge in [-0.2, -0.15) is 0 Å². The second-order valence-electron chi connectivity index (χ2n) is 16.8. The van der Waals surface area contributed by atoms with Crippen molar-refractivity contribution in [3.05, 3.63) is 0 Å². The standard InChI is InChI=1S/C34H61N3O12/c1-30(2,3)45-24(38)19-35(16-17-36(20-25(39)46-31(4,5)6)21-26(40)47-32(7,8)9)18-23(28(42)43)37(29(44)49-34(13,14)15)22-27(41)48-33(10,11)12/h23H,16-22H2,1-15H3,(H,42,43)/t23-/m1/s1. The molecule has 0 saturated heterocycles. The number of carbonyl (C=O) groups is 6. The van der Waals surface area contributed by atoms with E-state index in [4.69, 9.17) is 23.7 Å². The van der Waals surface area contributed by atoms with Crippen LogP contribution in [0.5, 0.6) is 0 Å². The smallest absolute Gasteiger partial charge is 0.411 e. The van der Waals surface area contributed by atoms with E-state index in [2.05, 4.69) is 0 Å². The molecule has 0 heterocycles. The first kappa shape index (κ1) is 45.5. The number of carbonyl (C=O) groups excluding carboxylic acids is 5. The highest BCUT2D eigenvalue weighted by Gasteiger charge is 2.37. The van der Waals surface area contributed by atoms with Crippen molar-refractivity contribution >= 4 is 35.9 Å². The lowest BCUT2D eigenvalue weighted by atomic mass is 10.2. The third kappa shape index (κ3) is 23.5. The van der Waals surface area contributed by atoms with Crippen LogP contribution >= 0.6 is 0 Å². The Bertz CT molecular complexity index is 1120. The summed E-state index contributed by atoms with van der Waals surface area (Å²) >= 11 is 0. The van der Waals surface area contributed by atoms with Crippen molar-refractivity contribution in [3.8, 4) is 0 Å². The molecule has 0 radical (unpaired) electrons. The molecule has 0 aliphatic rings. The minimum atomic E-state index is -1.70. The molecule has 15 nitrogen and oxygen atoms in total. The van der Waals surface area contributed by atoms with Crippen LogP contribution in [0.25, 0.3) is 0 Å². The number of nitrogens with zero attached hydrogens (tertiary/aromatic N) is 3. The van der Waals surface area contributed by atoms with Crippen molar-refractivity contribution in [2.24, 2.45) is 0 Å². The van der Waals surface area contributed by atoms with E-state index in [1.54, 1.807) is 104 Å². The van der Waals surface area contributed by atoms with E-state index in [1.807, 2.05) is 0 Å². The maximum atomic E-state index is 13.3. The zero-order chi connectivity index (χ0) is 38.8. The van der Waals surface area contributed by atoms with Gasteiger partial charge in [-0.25, -0.2) is 9.59 Å². The number of amides is 1. The van der Waals surface area contributed by atoms with E-state index < -0.39 is 89.6 Å². The average Bonchev–Trinajstić information content (AvgIpc) is 2.78. The molecule has 1 N–H and O–H groups in total. The van der Waals surface area contributed by atoms with Crippen molar-refractivity contribution in [1.29, 1.82) is 0 Å². The Labute approximate surface area is 291 Å². The first-order valence-electron chi connectivity index (χ1n) is 16.3. The van der Waals surface area contributed by atoms with Crippen LogP contribution in [0, 0.1) is 0 Å². The molecular weight excluding hydrogens is 642 g/mol. The fourth-order valence-electron chi connectivity index (χ4n) is 4.09. The van der Waals surface area contributed by atoms with Gasteiger partial charge in [0, 0.05) is 19.6 Å². The molecule has 0 spiro atoms. The lowest BCUT2D eigenvalue weighted by molar-refractivity contribution is -0.161. The van der Waals surface area contributed by atoms with Crippen LogP contribution in [0.3, 0.4) is 0 Å². The fraction of sp³-hybridized carbons (Fsp3) is 0.824. The highest BCUT2D eigenvalue weighted by molar-refractivity contribution is 5.84. The molecule has 1 atom stereocenters. The summed E-state index contributed by atoms with van der Waals surface area (Å²) in [5, 5.41) is 10.4. The molecular formula is C34H61N3O12. The van der Waals surface area contributed by atoms with E-state index in [1.165, 1.54) is 9.80 Å². The van der Waals surface area contributed by atoms with Crippen molar-refractivity contribution in [2.45, 2.75) is 138 Å². The van der Waals surface area contributed by atoms with Gasteiger partial charge < -0.3 is 28.8 Å². The zero-order valence-corrected chi connectivity index (χ0v) is 32.3. The van der Waals surface area contributed by atoms with Crippen LogP contribution in [0.2, 0.25) is 0 Å². The highest BCUT2D eigenvalue weighted by atomic mass is 16.6. The summed E-state index contributed by atoms with van der Waals surface area (Å²) in [6, 6.07) is -1.70. The average molecular weight is 704 g/mol. The molecule has 0 aliphatic heterocycles. The lowest BCUT2D eigenvalue weighted by Gasteiger charge is -2.35. The Kier molecular flexibility index (Phi) is 16.7. The van der Waals surface area contributed by atoms with Gasteiger partial charge in [0.1, 0.15) is 40.6 Å². The maximum absolute atomic E-state index is 13.3. The van der Waals surface area contributed by atoms with Gasteiger partial charge in [-0.15, -0.1) is 0 Å². The summed E-state index contributed by atoms with van der Waals surface area (Å²) < 4.78 is 27.2. The Hall–Kier alpha value is -3.46. The Balaban J connectivity index is 6.63. The largest absolute Gasteiger partial charge is 0.480 e. The van der Waals surface area contributed by atoms with Crippen molar-refractivity contribution in [2.75, 3.05) is 45.8 Å². The summed E-state index contributed by atoms with van der Waals surface area (Å²) in [4.78, 5) is 81.1. The van der Waals surface area contributed by atoms with Crippen molar-refractivity contribution in [1.82, 2.24) is 14.7 Å². The topological polar surface area (TPSA) is 179 Å². The Morgan fingerprint density at radius 1 is 0.469 bits per heavy atom. The predicted octanol–water partition coefficient (Wildman–Crippen LogP) is 3.65. The number of hydrogen-bond acceptors (Lipinski definition) is 13. The molecule has 284 valence electrons. The Morgan fingerprint density at radius 2 is 0.755 bits per heavy atom. The van der Waals surface area contributed by atoms with Crippen molar-refractivity contribution in [3.63, 3.8) is 0 Å². The molecule has 0 bridgehead atoms. The van der Waals surface area contributed by atoms with Crippen LogP contribution in [0.4, 0.5) is 4.79 Å². The van der Waals surface area contributed by atoms with Gasteiger partial charge in [0.05, 0.1) is 19.6 Å². The van der Waals surface area contributed by atoms with Gasteiger partial charge >= 0.3 is 35.9 Å². The van der Waals surface area contributed by atoms with E-state index in [9.17, 15) is 33.9 Å². The molecule has 0 fully saturated rings. The molecule has 0 rings (SSSR count). The van der Waals surface area contributed by atoms with Gasteiger partial charge in [-0.1, -0.05) is 0 Å². The van der Waals surface area contributed by atoms with Gasteiger partial charge in [-0.3, -0.25) is 33.9 Å². The number of hydrogen-bond donors (Lipinski definition) is 1. The molecule has 0 aliphatic carbocycles. The first-order valence-corrected chi connectivity index (χ1v) is 16.3. The SMILES string of the molecule is CC(C)(C)OC(=O)CN(CCN(CC(=O)OC(C)(C)C)C[C@H](C(=O)O)N(CC(=O)OC(C)(C)C)C(=O)OC(C)(C)C)CC(=O)OC(C)(C)C. The third-order valence-corrected chi connectivity index (χ3v) is 5.49. The number of rotatable bonds is 15. The van der Waals surface area contributed by atoms with Crippen LogP contribution < -0.4 is 0 Å². The van der Waals surface area contributed by atoms with Crippen molar-refractivity contribution < 1.29 is 57.6 Å². The summed E-state index contributed by atoms with van der Waals surface area (Å²) in [5.41, 5.74) is -4.43. The quantitative estimate of drug-likeness (QED) is 0.193. The summed E-state index contributed by atoms with van der Waals surface area (Å²) in [6.07, 6.45) is -1.08. The second kappa shape index (κ2) is 18.0. The molecule has 0 saturated carbocycles.